The van der Waals surface area contributed by atoms with Gasteiger partial charge in [-0.15, -0.1) is 0 Å². The molecule has 0 heterocycles. The molecular formula is C7H13N3O2. The van der Waals surface area contributed by atoms with Crippen molar-refractivity contribution in [1.82, 2.24) is 0 Å². The first-order valence-corrected chi connectivity index (χ1v) is 4.05. The molecule has 0 bridgehead atoms. The Balaban J connectivity index is 3.25. The molecule has 0 saturated carbocycles. The quantitative estimate of drug-likeness (QED) is 0.202. The van der Waals surface area contributed by atoms with Crippen molar-refractivity contribution >= 4 is 5.97 Å². The summed E-state index contributed by atoms with van der Waals surface area (Å²) in [5, 5.41) is 2.70. The molecule has 0 saturated heterocycles. The monoisotopic (exact) mass is 171 g/mol. The van der Waals surface area contributed by atoms with Crippen LogP contribution in [0.5, 0.6) is 0 Å². The van der Waals surface area contributed by atoms with Crippen LogP contribution in [0.4, 0.5) is 0 Å². The number of hydrogen-bond donors (Lipinski definition) is 0. The van der Waals surface area contributed by atoms with E-state index in [0.29, 0.717) is 6.42 Å². The molecule has 68 valence electrons. The number of unbranched alkanes of at least 4 members (excludes halogenated alkanes) is 3. The van der Waals surface area contributed by atoms with E-state index in [9.17, 15) is 4.79 Å². The van der Waals surface area contributed by atoms with E-state index in [2.05, 4.69) is 22.0 Å². The average molecular weight is 171 g/mol. The molecular weight excluding hydrogens is 158 g/mol. The Morgan fingerprint density at radius 2 is 2.25 bits per heavy atom. The van der Waals surface area contributed by atoms with Crippen molar-refractivity contribution in [2.75, 3.05) is 0 Å². The molecule has 0 aliphatic heterocycles. The maximum absolute atomic E-state index is 10.7. The summed E-state index contributed by atoms with van der Waals surface area (Å²) in [6.07, 6.45) is 4.40. The summed E-state index contributed by atoms with van der Waals surface area (Å²) in [6.45, 7) is 2.10. The zero-order chi connectivity index (χ0) is 9.23. The van der Waals surface area contributed by atoms with E-state index < -0.39 is 5.97 Å². The lowest BCUT2D eigenvalue weighted by molar-refractivity contribution is -0.144. The van der Waals surface area contributed by atoms with Crippen LogP contribution in [0, 0.1) is 0 Å². The topological polar surface area (TPSA) is 75.1 Å². The summed E-state index contributed by atoms with van der Waals surface area (Å²) in [4.78, 5) is 17.1. The molecule has 0 aliphatic carbocycles. The lowest BCUT2D eigenvalue weighted by atomic mass is 10.2. The number of azide groups is 1. The van der Waals surface area contributed by atoms with Crippen molar-refractivity contribution in [2.45, 2.75) is 39.0 Å². The van der Waals surface area contributed by atoms with Crippen molar-refractivity contribution in [2.24, 2.45) is 5.28 Å². The molecule has 0 N–H and O–H groups in total. The molecule has 0 amide bonds. The Morgan fingerprint density at radius 1 is 1.50 bits per heavy atom. The normalized spacial score (nSPS) is 8.75. The highest BCUT2D eigenvalue weighted by atomic mass is 16.7. The number of carbonyl (C=O) groups is 1. The Hall–Kier alpha value is -1.22. The highest BCUT2D eigenvalue weighted by molar-refractivity contribution is 5.68. The van der Waals surface area contributed by atoms with Crippen LogP contribution >= 0.6 is 0 Å². The van der Waals surface area contributed by atoms with Crippen LogP contribution in [0.15, 0.2) is 5.28 Å². The second-order valence-electron chi connectivity index (χ2n) is 2.45. The molecule has 0 spiro atoms. The SMILES string of the molecule is CCCCCCC(=O)ON=[N+]=[N-]. The van der Waals surface area contributed by atoms with Crippen molar-refractivity contribution < 1.29 is 9.63 Å². The van der Waals surface area contributed by atoms with E-state index in [1.54, 1.807) is 0 Å². The number of rotatable bonds is 6. The minimum absolute atomic E-state index is 0.332. The lowest BCUT2D eigenvalue weighted by Crippen LogP contribution is -1.98. The molecule has 0 aromatic carbocycles. The Kier molecular flexibility index (Phi) is 7.08. The van der Waals surface area contributed by atoms with E-state index in [1.807, 2.05) is 0 Å². The summed E-state index contributed by atoms with van der Waals surface area (Å²) in [6, 6.07) is 0. The van der Waals surface area contributed by atoms with Crippen molar-refractivity contribution in [3.8, 4) is 0 Å². The first-order chi connectivity index (χ1) is 5.81. The van der Waals surface area contributed by atoms with Gasteiger partial charge in [0.05, 0.1) is 0 Å². The highest BCUT2D eigenvalue weighted by Gasteiger charge is 1.99. The molecule has 0 aromatic rings. The van der Waals surface area contributed by atoms with E-state index in [1.165, 1.54) is 0 Å². The van der Waals surface area contributed by atoms with Gasteiger partial charge in [-0.2, -0.15) is 0 Å². The zero-order valence-corrected chi connectivity index (χ0v) is 7.19. The van der Waals surface area contributed by atoms with Crippen LogP contribution in [-0.4, -0.2) is 5.97 Å². The smallest absolute Gasteiger partial charge is 0.317 e. The summed E-state index contributed by atoms with van der Waals surface area (Å²) in [7, 11) is 0. The van der Waals surface area contributed by atoms with Crippen LogP contribution in [0.25, 0.3) is 10.4 Å². The predicted molar refractivity (Wildman–Crippen MR) is 44.0 cm³/mol. The summed E-state index contributed by atoms with van der Waals surface area (Å²) in [5.41, 5.74) is 7.81. The minimum Gasteiger partial charge on any atom is -0.359 e. The van der Waals surface area contributed by atoms with E-state index in [4.69, 9.17) is 5.53 Å². The molecule has 0 rings (SSSR count). The third-order valence-electron chi connectivity index (χ3n) is 1.41. The van der Waals surface area contributed by atoms with Gasteiger partial charge in [0, 0.05) is 11.3 Å². The van der Waals surface area contributed by atoms with Gasteiger partial charge >= 0.3 is 5.97 Å². The molecule has 5 heteroatoms. The van der Waals surface area contributed by atoms with E-state index >= 15 is 0 Å². The molecule has 0 fully saturated rings. The first kappa shape index (κ1) is 10.8. The van der Waals surface area contributed by atoms with E-state index in [-0.39, 0.29) is 0 Å². The van der Waals surface area contributed by atoms with Gasteiger partial charge < -0.3 is 4.84 Å². The largest absolute Gasteiger partial charge is 0.359 e. The average Bonchev–Trinajstić information content (AvgIpc) is 2.09. The number of hydrogen-bond acceptors (Lipinski definition) is 3. The van der Waals surface area contributed by atoms with Crippen LogP contribution < -0.4 is 0 Å². The Morgan fingerprint density at radius 3 is 2.83 bits per heavy atom. The van der Waals surface area contributed by atoms with Gasteiger partial charge in [-0.25, -0.2) is 0 Å². The maximum Gasteiger partial charge on any atom is 0.317 e. The fraction of sp³-hybridized carbons (Fsp3) is 0.857. The molecule has 5 nitrogen and oxygen atoms in total. The van der Waals surface area contributed by atoms with Crippen molar-refractivity contribution in [1.29, 1.82) is 0 Å². The van der Waals surface area contributed by atoms with Crippen LogP contribution in [0.1, 0.15) is 39.0 Å². The lowest BCUT2D eigenvalue weighted by Gasteiger charge is -1.96. The molecule has 0 unspecified atom stereocenters. The number of carbonyl (C=O) groups excluding carboxylic acids is 1. The summed E-state index contributed by atoms with van der Waals surface area (Å²) >= 11 is 0. The zero-order valence-electron chi connectivity index (χ0n) is 7.19. The van der Waals surface area contributed by atoms with Crippen LogP contribution in [0.3, 0.4) is 0 Å². The van der Waals surface area contributed by atoms with E-state index in [0.717, 1.165) is 25.7 Å². The minimum atomic E-state index is -0.455. The van der Waals surface area contributed by atoms with Gasteiger partial charge in [0.1, 0.15) is 5.28 Å². The van der Waals surface area contributed by atoms with Crippen molar-refractivity contribution in [3.05, 3.63) is 10.4 Å². The second kappa shape index (κ2) is 7.88. The Bertz CT molecular complexity index is 175. The number of nitrogens with zero attached hydrogens (tertiary/aromatic N) is 3. The molecule has 0 atom stereocenters. The van der Waals surface area contributed by atoms with Gasteiger partial charge in [0.2, 0.25) is 0 Å². The van der Waals surface area contributed by atoms with Gasteiger partial charge in [0.25, 0.3) is 0 Å². The highest BCUT2D eigenvalue weighted by Crippen LogP contribution is 2.03. The fourth-order valence-corrected chi connectivity index (χ4v) is 0.806. The van der Waals surface area contributed by atoms with Crippen LogP contribution in [-0.2, 0) is 9.63 Å². The van der Waals surface area contributed by atoms with Gasteiger partial charge in [0.15, 0.2) is 0 Å². The summed E-state index contributed by atoms with van der Waals surface area (Å²) < 4.78 is 0. The molecule has 12 heavy (non-hydrogen) atoms. The van der Waals surface area contributed by atoms with Gasteiger partial charge in [-0.3, -0.25) is 4.79 Å². The third-order valence-corrected chi connectivity index (χ3v) is 1.41. The fourth-order valence-electron chi connectivity index (χ4n) is 0.806. The standard InChI is InChI=1S/C7H13N3O2/c1-2-3-4-5-6-7(11)12-10-9-8/h2-6H2,1H3. The predicted octanol–water partition coefficient (Wildman–Crippen LogP) is 2.73. The third kappa shape index (κ3) is 6.89. The molecule has 0 radical (unpaired) electrons. The molecule has 0 aromatic heterocycles. The van der Waals surface area contributed by atoms with Crippen molar-refractivity contribution in [3.63, 3.8) is 0 Å². The van der Waals surface area contributed by atoms with Gasteiger partial charge in [-0.1, -0.05) is 26.2 Å². The van der Waals surface area contributed by atoms with Gasteiger partial charge in [-0.05, 0) is 12.0 Å². The maximum atomic E-state index is 10.7. The van der Waals surface area contributed by atoms with Crippen LogP contribution in [0.2, 0.25) is 0 Å². The summed E-state index contributed by atoms with van der Waals surface area (Å²) in [5.74, 6) is -0.455. The second-order valence-corrected chi connectivity index (χ2v) is 2.45. The Labute approximate surface area is 71.3 Å². The first-order valence-electron chi connectivity index (χ1n) is 4.05. The molecule has 0 aliphatic rings.